The van der Waals surface area contributed by atoms with Gasteiger partial charge in [0.15, 0.2) is 5.96 Å². The van der Waals surface area contributed by atoms with Crippen LogP contribution in [0.25, 0.3) is 6.08 Å². The molecule has 0 aliphatic rings. The van der Waals surface area contributed by atoms with E-state index in [4.69, 9.17) is 22.9 Å². The molecule has 1 aromatic rings. The third-order valence-electron chi connectivity index (χ3n) is 5.73. The fraction of sp³-hybridized carbons (Fsp3) is 0.538. The lowest BCUT2D eigenvalue weighted by Crippen LogP contribution is -2.55. The number of aldehydes is 1. The first kappa shape index (κ1) is 33.2. The molecule has 0 saturated heterocycles. The highest BCUT2D eigenvalue weighted by molar-refractivity contribution is 5.96. The molecule has 216 valence electrons. The summed E-state index contributed by atoms with van der Waals surface area (Å²) < 4.78 is 0. The summed E-state index contributed by atoms with van der Waals surface area (Å²) in [5.41, 5.74) is 22.5. The Morgan fingerprint density at radius 2 is 1.54 bits per heavy atom. The molecule has 0 bridgehead atoms. The first-order valence-electron chi connectivity index (χ1n) is 13.2. The average molecular weight is 546 g/mol. The van der Waals surface area contributed by atoms with Gasteiger partial charge in [-0.3, -0.25) is 24.4 Å². The number of guanidine groups is 1. The van der Waals surface area contributed by atoms with Crippen molar-refractivity contribution in [1.82, 2.24) is 20.9 Å². The molecule has 13 nitrogen and oxygen atoms in total. The smallest absolute Gasteiger partial charge is 0.244 e. The van der Waals surface area contributed by atoms with E-state index in [1.165, 1.54) is 6.08 Å². The van der Waals surface area contributed by atoms with Crippen LogP contribution in [0.4, 0.5) is 0 Å². The van der Waals surface area contributed by atoms with Crippen LogP contribution in [0, 0.1) is 0 Å². The summed E-state index contributed by atoms with van der Waals surface area (Å²) in [6, 6.07) is 0.979. The van der Waals surface area contributed by atoms with Gasteiger partial charge in [0, 0.05) is 25.0 Å². The molecule has 11 N–H and O–H groups in total. The second kappa shape index (κ2) is 20.2. The van der Waals surface area contributed by atoms with Crippen LogP contribution in [0.1, 0.15) is 56.9 Å². The molecule has 0 fully saturated rings. The SMILES string of the molecule is NCCCC[C@H](NC(=O)/C=C/c1cccnc1)C(=O)N[C@@H](CCCCN)C(=O)N[C@H](C=O)CCCN=C(N)N. The summed E-state index contributed by atoms with van der Waals surface area (Å²) in [6.45, 7) is 1.20. The van der Waals surface area contributed by atoms with E-state index in [9.17, 15) is 19.2 Å². The van der Waals surface area contributed by atoms with Crippen LogP contribution < -0.4 is 38.9 Å². The zero-order valence-corrected chi connectivity index (χ0v) is 22.4. The molecule has 1 aromatic heterocycles. The van der Waals surface area contributed by atoms with Crippen molar-refractivity contribution in [1.29, 1.82) is 0 Å². The number of carbonyl (C=O) groups excluding carboxylic acids is 4. The molecular weight excluding hydrogens is 502 g/mol. The molecule has 1 heterocycles. The maximum absolute atomic E-state index is 13.2. The van der Waals surface area contributed by atoms with Gasteiger partial charge >= 0.3 is 0 Å². The van der Waals surface area contributed by atoms with Crippen LogP contribution in [0.5, 0.6) is 0 Å². The summed E-state index contributed by atoms with van der Waals surface area (Å²) in [6.07, 6.45) is 10.8. The van der Waals surface area contributed by atoms with Gasteiger partial charge < -0.3 is 43.7 Å². The van der Waals surface area contributed by atoms with E-state index in [1.807, 2.05) is 0 Å². The summed E-state index contributed by atoms with van der Waals surface area (Å²) in [4.78, 5) is 58.2. The number of aliphatic imine (C=N–C) groups is 1. The Labute approximate surface area is 229 Å². The predicted octanol–water partition coefficient (Wildman–Crippen LogP) is -0.940. The molecule has 0 unspecified atom stereocenters. The van der Waals surface area contributed by atoms with E-state index in [1.54, 1.807) is 30.6 Å². The first-order valence-corrected chi connectivity index (χ1v) is 13.2. The van der Waals surface area contributed by atoms with E-state index >= 15 is 0 Å². The van der Waals surface area contributed by atoms with Crippen molar-refractivity contribution < 1.29 is 19.2 Å². The molecule has 0 saturated carbocycles. The van der Waals surface area contributed by atoms with Gasteiger partial charge in [0.05, 0.1) is 6.04 Å². The first-order chi connectivity index (χ1) is 18.8. The maximum atomic E-state index is 13.2. The summed E-state index contributed by atoms with van der Waals surface area (Å²) in [5, 5.41) is 8.14. The number of unbranched alkanes of at least 4 members (excludes halogenated alkanes) is 2. The van der Waals surface area contributed by atoms with Crippen LogP contribution in [-0.4, -0.2) is 72.7 Å². The van der Waals surface area contributed by atoms with Gasteiger partial charge in [-0.2, -0.15) is 0 Å². The Hall–Kier alpha value is -3.84. The average Bonchev–Trinajstić information content (AvgIpc) is 2.92. The number of aromatic nitrogens is 1. The number of nitrogens with zero attached hydrogens (tertiary/aromatic N) is 2. The number of nitrogens with two attached hydrogens (primary N) is 4. The Bertz CT molecular complexity index is 937. The Morgan fingerprint density at radius 3 is 2.10 bits per heavy atom. The number of hydrogen-bond acceptors (Lipinski definition) is 8. The summed E-state index contributed by atoms with van der Waals surface area (Å²) >= 11 is 0. The zero-order valence-electron chi connectivity index (χ0n) is 22.4. The van der Waals surface area contributed by atoms with Crippen molar-refractivity contribution in [3.63, 3.8) is 0 Å². The molecule has 0 aromatic carbocycles. The molecule has 0 aliphatic carbocycles. The number of nitrogens with one attached hydrogen (secondary N) is 3. The maximum Gasteiger partial charge on any atom is 0.244 e. The van der Waals surface area contributed by atoms with Crippen LogP contribution in [-0.2, 0) is 19.2 Å². The minimum absolute atomic E-state index is 0.0509. The van der Waals surface area contributed by atoms with Gasteiger partial charge in [-0.15, -0.1) is 0 Å². The third kappa shape index (κ3) is 15.2. The van der Waals surface area contributed by atoms with Crippen molar-refractivity contribution in [2.24, 2.45) is 27.9 Å². The lowest BCUT2D eigenvalue weighted by molar-refractivity contribution is -0.132. The lowest BCUT2D eigenvalue weighted by Gasteiger charge is -2.24. The number of hydrogen-bond donors (Lipinski definition) is 7. The van der Waals surface area contributed by atoms with Crippen molar-refractivity contribution in [2.75, 3.05) is 19.6 Å². The monoisotopic (exact) mass is 545 g/mol. The number of amides is 3. The minimum Gasteiger partial charge on any atom is -0.370 e. The van der Waals surface area contributed by atoms with Crippen molar-refractivity contribution in [2.45, 2.75) is 69.5 Å². The van der Waals surface area contributed by atoms with Gasteiger partial charge in [-0.1, -0.05) is 6.07 Å². The van der Waals surface area contributed by atoms with Gasteiger partial charge in [-0.05, 0) is 82.2 Å². The topological polar surface area (TPSA) is 234 Å². The quantitative estimate of drug-likeness (QED) is 0.0351. The molecule has 0 radical (unpaired) electrons. The molecule has 39 heavy (non-hydrogen) atoms. The molecule has 13 heteroatoms. The summed E-state index contributed by atoms with van der Waals surface area (Å²) in [7, 11) is 0. The normalized spacial score (nSPS) is 13.2. The molecule has 1 rings (SSSR count). The van der Waals surface area contributed by atoms with Crippen molar-refractivity contribution in [3.8, 4) is 0 Å². The van der Waals surface area contributed by atoms with Gasteiger partial charge in [-0.25, -0.2) is 0 Å². The number of rotatable bonds is 20. The Balaban J connectivity index is 2.89. The molecule has 0 spiro atoms. The predicted molar refractivity (Wildman–Crippen MR) is 151 cm³/mol. The largest absolute Gasteiger partial charge is 0.370 e. The van der Waals surface area contributed by atoms with E-state index in [2.05, 4.69) is 25.9 Å². The summed E-state index contributed by atoms with van der Waals surface area (Å²) in [5.74, 6) is -1.51. The Kier molecular flexibility index (Phi) is 17.2. The minimum atomic E-state index is -0.913. The van der Waals surface area contributed by atoms with Gasteiger partial charge in [0.25, 0.3) is 0 Å². The highest BCUT2D eigenvalue weighted by Gasteiger charge is 2.27. The lowest BCUT2D eigenvalue weighted by atomic mass is 10.0. The van der Waals surface area contributed by atoms with E-state index in [-0.39, 0.29) is 5.96 Å². The van der Waals surface area contributed by atoms with Gasteiger partial charge in [0.2, 0.25) is 17.7 Å². The fourth-order valence-corrected chi connectivity index (χ4v) is 3.64. The zero-order chi connectivity index (χ0) is 28.9. The van der Waals surface area contributed by atoms with E-state index in [0.29, 0.717) is 77.3 Å². The molecule has 3 amide bonds. The second-order valence-electron chi connectivity index (χ2n) is 9.01. The van der Waals surface area contributed by atoms with Crippen LogP contribution in [0.3, 0.4) is 0 Å². The van der Waals surface area contributed by atoms with Crippen LogP contribution in [0.2, 0.25) is 0 Å². The second-order valence-corrected chi connectivity index (χ2v) is 9.01. The number of pyridine rings is 1. The third-order valence-corrected chi connectivity index (χ3v) is 5.73. The van der Waals surface area contributed by atoms with Crippen molar-refractivity contribution >= 4 is 36.0 Å². The van der Waals surface area contributed by atoms with Gasteiger partial charge in [0.1, 0.15) is 18.4 Å². The Morgan fingerprint density at radius 1 is 0.897 bits per heavy atom. The van der Waals surface area contributed by atoms with E-state index in [0.717, 1.165) is 5.56 Å². The fourth-order valence-electron chi connectivity index (χ4n) is 3.64. The van der Waals surface area contributed by atoms with Crippen LogP contribution in [0.15, 0.2) is 35.6 Å². The number of carbonyl (C=O) groups is 4. The van der Waals surface area contributed by atoms with Crippen LogP contribution >= 0.6 is 0 Å². The standard InChI is InChI=1S/C26H43N9O4/c27-13-3-1-9-21(34-23(37)12-11-19-7-5-15-31-17-19)25(39)35-22(10-2-4-14-28)24(38)33-20(18-36)8-6-16-32-26(29)30/h5,7,11-12,15,17-18,20-22H,1-4,6,8-10,13-14,16,27-28H2,(H,33,38)(H,34,37)(H,35,39)(H4,29,30,32)/b12-11+/t20-,21-,22-/m0/s1. The molecule has 3 atom stereocenters. The van der Waals surface area contributed by atoms with E-state index < -0.39 is 35.8 Å². The van der Waals surface area contributed by atoms with Crippen molar-refractivity contribution in [3.05, 3.63) is 36.2 Å². The highest BCUT2D eigenvalue weighted by Crippen LogP contribution is 2.07. The highest BCUT2D eigenvalue weighted by atomic mass is 16.2. The molecular formula is C26H43N9O4. The molecule has 0 aliphatic heterocycles.